The number of carbonyl (C=O) groups excluding carboxylic acids is 1. The normalized spacial score (nSPS) is 17.6. The van der Waals surface area contributed by atoms with Crippen LogP contribution in [0.5, 0.6) is 5.75 Å². The number of carbonyl (C=O) groups is 1. The Morgan fingerprint density at radius 1 is 1.21 bits per heavy atom. The highest BCUT2D eigenvalue weighted by molar-refractivity contribution is 7.94. The van der Waals surface area contributed by atoms with Crippen LogP contribution >= 0.6 is 22.9 Å². The van der Waals surface area contributed by atoms with Gasteiger partial charge in [0.05, 0.1) is 34.4 Å². The van der Waals surface area contributed by atoms with Crippen molar-refractivity contribution in [3.63, 3.8) is 0 Å². The summed E-state index contributed by atoms with van der Waals surface area (Å²) in [5, 5.41) is 11.5. The van der Waals surface area contributed by atoms with Crippen molar-refractivity contribution < 1.29 is 17.9 Å². The molecule has 1 fully saturated rings. The number of hydrogen-bond acceptors (Lipinski definition) is 7. The fourth-order valence-corrected chi connectivity index (χ4v) is 7.15. The molecule has 2 aromatic carbocycles. The number of hydrogen-bond donors (Lipinski definition) is 3. The predicted octanol–water partition coefficient (Wildman–Crippen LogP) is 4.37. The molecule has 5 rings (SSSR count). The molecule has 1 unspecified atom stereocenters. The molecule has 4 aromatic rings. The van der Waals surface area contributed by atoms with Crippen molar-refractivity contribution in [1.29, 1.82) is 0 Å². The molecule has 3 N–H and O–H groups in total. The Balaban J connectivity index is 1.41. The zero-order chi connectivity index (χ0) is 26.9. The summed E-state index contributed by atoms with van der Waals surface area (Å²) < 4.78 is 36.4. The Labute approximate surface area is 230 Å². The van der Waals surface area contributed by atoms with E-state index in [1.807, 2.05) is 43.3 Å². The van der Waals surface area contributed by atoms with E-state index in [0.717, 1.165) is 41.9 Å². The standard InChI is InChI=1S/C26H28ClN5O4S2/c1-26(12-5-13-29-26)25(33)28-15-17-6-3-7-18(14-17)16-32-19-8-4-9-20(36-2)23(19)24(30-32)31-38(34,35)22-11-10-21(27)37-22/h3-4,6-11,14,29H,5,12-13,15-16H2,1-2H3,(H,28,33)(H,30,31). The van der Waals surface area contributed by atoms with Gasteiger partial charge in [0.2, 0.25) is 5.91 Å². The summed E-state index contributed by atoms with van der Waals surface area (Å²) in [7, 11) is -2.37. The highest BCUT2D eigenvalue weighted by Gasteiger charge is 2.35. The van der Waals surface area contributed by atoms with Crippen LogP contribution in [-0.4, -0.2) is 43.3 Å². The first-order chi connectivity index (χ1) is 18.2. The highest BCUT2D eigenvalue weighted by atomic mass is 35.5. The molecule has 1 aliphatic heterocycles. The lowest BCUT2D eigenvalue weighted by molar-refractivity contribution is -0.126. The fourth-order valence-electron chi connectivity index (χ4n) is 4.66. The summed E-state index contributed by atoms with van der Waals surface area (Å²) >= 11 is 6.93. The van der Waals surface area contributed by atoms with E-state index in [0.29, 0.717) is 34.1 Å². The van der Waals surface area contributed by atoms with E-state index in [9.17, 15) is 13.2 Å². The van der Waals surface area contributed by atoms with E-state index in [1.165, 1.54) is 19.2 Å². The summed E-state index contributed by atoms with van der Waals surface area (Å²) in [6.07, 6.45) is 1.81. The second-order valence-corrected chi connectivity index (χ2v) is 13.0. The first-order valence-electron chi connectivity index (χ1n) is 12.1. The molecule has 1 aliphatic rings. The summed E-state index contributed by atoms with van der Waals surface area (Å²) in [4.78, 5) is 12.7. The third-order valence-electron chi connectivity index (χ3n) is 6.65. The number of rotatable bonds is 9. The number of nitrogens with one attached hydrogen (secondary N) is 3. The molecule has 9 nitrogen and oxygen atoms in total. The number of ether oxygens (including phenoxy) is 1. The molecule has 38 heavy (non-hydrogen) atoms. The maximum absolute atomic E-state index is 13.0. The Kier molecular flexibility index (Phi) is 7.36. The fraction of sp³-hybridized carbons (Fsp3) is 0.308. The van der Waals surface area contributed by atoms with E-state index >= 15 is 0 Å². The van der Waals surface area contributed by atoms with Gasteiger partial charge in [0.15, 0.2) is 5.82 Å². The minimum Gasteiger partial charge on any atom is -0.496 e. The summed E-state index contributed by atoms with van der Waals surface area (Å²) in [5.74, 6) is 0.665. The summed E-state index contributed by atoms with van der Waals surface area (Å²) in [6.45, 7) is 3.58. The van der Waals surface area contributed by atoms with Crippen molar-refractivity contribution in [3.8, 4) is 5.75 Å². The number of thiophene rings is 1. The van der Waals surface area contributed by atoms with Gasteiger partial charge in [-0.25, -0.2) is 8.42 Å². The second-order valence-electron chi connectivity index (χ2n) is 9.39. The molecule has 0 bridgehead atoms. The van der Waals surface area contributed by atoms with Gasteiger partial charge in [-0.3, -0.25) is 14.2 Å². The van der Waals surface area contributed by atoms with Crippen molar-refractivity contribution in [2.24, 2.45) is 0 Å². The molecule has 12 heteroatoms. The van der Waals surface area contributed by atoms with Gasteiger partial charge in [0.1, 0.15) is 9.96 Å². The number of halogens is 1. The van der Waals surface area contributed by atoms with Crippen LogP contribution in [0.25, 0.3) is 10.9 Å². The maximum atomic E-state index is 13.0. The lowest BCUT2D eigenvalue weighted by Gasteiger charge is -2.23. The van der Waals surface area contributed by atoms with Crippen molar-refractivity contribution >= 4 is 55.6 Å². The van der Waals surface area contributed by atoms with E-state index < -0.39 is 15.6 Å². The topological polar surface area (TPSA) is 114 Å². The van der Waals surface area contributed by atoms with Crippen LogP contribution in [0.3, 0.4) is 0 Å². The first-order valence-corrected chi connectivity index (χ1v) is 14.8. The lowest BCUT2D eigenvalue weighted by atomic mass is 9.99. The minimum atomic E-state index is -3.90. The third-order valence-corrected chi connectivity index (χ3v) is 9.71. The number of methoxy groups -OCH3 is 1. The van der Waals surface area contributed by atoms with Gasteiger partial charge in [0, 0.05) is 6.54 Å². The van der Waals surface area contributed by atoms with Crippen LogP contribution in [0.1, 0.15) is 30.9 Å². The molecule has 0 saturated carbocycles. The van der Waals surface area contributed by atoms with Crippen LogP contribution in [0.4, 0.5) is 5.82 Å². The van der Waals surface area contributed by atoms with E-state index in [1.54, 1.807) is 10.7 Å². The molecular weight excluding hydrogens is 546 g/mol. The Bertz CT molecular complexity index is 1590. The van der Waals surface area contributed by atoms with Gasteiger partial charge < -0.3 is 15.4 Å². The van der Waals surface area contributed by atoms with Crippen LogP contribution in [-0.2, 0) is 27.9 Å². The van der Waals surface area contributed by atoms with E-state index in [4.69, 9.17) is 16.3 Å². The zero-order valence-corrected chi connectivity index (χ0v) is 23.3. The molecule has 1 atom stereocenters. The Morgan fingerprint density at radius 3 is 2.71 bits per heavy atom. The molecule has 3 heterocycles. The number of benzene rings is 2. The summed E-state index contributed by atoms with van der Waals surface area (Å²) in [5.41, 5.74) is 2.10. The molecular formula is C26H28ClN5O4S2. The molecule has 1 saturated heterocycles. The lowest BCUT2D eigenvalue weighted by Crippen LogP contribution is -2.50. The van der Waals surface area contributed by atoms with Crippen molar-refractivity contribution in [2.75, 3.05) is 18.4 Å². The number of aromatic nitrogens is 2. The molecule has 0 aliphatic carbocycles. The predicted molar refractivity (Wildman–Crippen MR) is 149 cm³/mol. The SMILES string of the molecule is COc1cccc2c1c(NS(=O)(=O)c1ccc(Cl)s1)nn2Cc1cccc(CNC(=O)C2(C)CCCN2)c1. The highest BCUT2D eigenvalue weighted by Crippen LogP contribution is 2.35. The molecule has 1 amide bonds. The van der Waals surface area contributed by atoms with Crippen LogP contribution in [0, 0.1) is 0 Å². The van der Waals surface area contributed by atoms with Crippen LogP contribution in [0.15, 0.2) is 58.8 Å². The Hall–Kier alpha value is -3.12. The van der Waals surface area contributed by atoms with E-state index in [2.05, 4.69) is 20.5 Å². The van der Waals surface area contributed by atoms with Gasteiger partial charge >= 0.3 is 0 Å². The average molecular weight is 574 g/mol. The molecule has 200 valence electrons. The maximum Gasteiger partial charge on any atom is 0.272 e. The quantitative estimate of drug-likeness (QED) is 0.274. The molecule has 2 aromatic heterocycles. The number of fused-ring (bicyclic) bond motifs is 1. The largest absolute Gasteiger partial charge is 0.496 e. The first kappa shape index (κ1) is 26.5. The second kappa shape index (κ2) is 10.6. The summed E-state index contributed by atoms with van der Waals surface area (Å²) in [6, 6.07) is 16.3. The van der Waals surface area contributed by atoms with Crippen molar-refractivity contribution in [2.45, 2.75) is 42.6 Å². The van der Waals surface area contributed by atoms with Gasteiger partial charge in [-0.15, -0.1) is 11.3 Å². The monoisotopic (exact) mass is 573 g/mol. The van der Waals surface area contributed by atoms with Gasteiger partial charge in [0.25, 0.3) is 10.0 Å². The Morgan fingerprint density at radius 2 is 2.00 bits per heavy atom. The zero-order valence-electron chi connectivity index (χ0n) is 21.0. The van der Waals surface area contributed by atoms with Crippen LogP contribution < -0.4 is 20.1 Å². The smallest absolute Gasteiger partial charge is 0.272 e. The number of sulfonamides is 1. The van der Waals surface area contributed by atoms with Gasteiger partial charge in [-0.1, -0.05) is 41.9 Å². The van der Waals surface area contributed by atoms with E-state index in [-0.39, 0.29) is 15.9 Å². The third kappa shape index (κ3) is 5.37. The number of amides is 1. The number of nitrogens with zero attached hydrogens (tertiary/aromatic N) is 2. The van der Waals surface area contributed by atoms with Gasteiger partial charge in [-0.2, -0.15) is 5.10 Å². The average Bonchev–Trinajstić information content (AvgIpc) is 3.63. The minimum absolute atomic E-state index is 0.00507. The van der Waals surface area contributed by atoms with Crippen LogP contribution in [0.2, 0.25) is 4.34 Å². The molecule has 0 radical (unpaired) electrons. The van der Waals surface area contributed by atoms with Gasteiger partial charge in [-0.05, 0) is 61.7 Å². The molecule has 0 spiro atoms. The number of anilines is 1. The van der Waals surface area contributed by atoms with Crippen molar-refractivity contribution in [3.05, 3.63) is 70.1 Å². The van der Waals surface area contributed by atoms with Crippen molar-refractivity contribution in [1.82, 2.24) is 20.4 Å².